The van der Waals surface area contributed by atoms with E-state index < -0.39 is 0 Å². The zero-order chi connectivity index (χ0) is 21.8. The normalized spacial score (nSPS) is 11.1. The van der Waals surface area contributed by atoms with Crippen LogP contribution >= 0.6 is 0 Å². The van der Waals surface area contributed by atoms with Crippen LogP contribution in [0.15, 0.2) is 65.3 Å². The van der Waals surface area contributed by atoms with E-state index in [1.54, 1.807) is 41.3 Å². The summed E-state index contributed by atoms with van der Waals surface area (Å²) in [7, 11) is 0. The quantitative estimate of drug-likeness (QED) is 0.448. The van der Waals surface area contributed by atoms with Crippen LogP contribution in [0.4, 0.5) is 17.2 Å². The highest BCUT2D eigenvalue weighted by Gasteiger charge is 2.10. The van der Waals surface area contributed by atoms with Gasteiger partial charge in [-0.05, 0) is 80.9 Å². The minimum atomic E-state index is -0.238. The van der Waals surface area contributed by atoms with E-state index >= 15 is 0 Å². The van der Waals surface area contributed by atoms with E-state index in [2.05, 4.69) is 25.9 Å². The molecular formula is C23H22N6O2. The summed E-state index contributed by atoms with van der Waals surface area (Å²) in [6.07, 6.45) is 4.59. The van der Waals surface area contributed by atoms with Crippen LogP contribution < -0.4 is 10.6 Å². The molecule has 0 aliphatic heterocycles. The third-order valence-electron chi connectivity index (χ3n) is 4.89. The highest BCUT2D eigenvalue weighted by Crippen LogP contribution is 2.19. The number of aryl methyl sites for hydroxylation is 1. The van der Waals surface area contributed by atoms with Gasteiger partial charge in [0.1, 0.15) is 5.76 Å². The number of anilines is 3. The van der Waals surface area contributed by atoms with Crippen molar-refractivity contribution < 1.29 is 9.21 Å². The summed E-state index contributed by atoms with van der Waals surface area (Å²) in [6, 6.07) is 14.6. The topological polar surface area (TPSA) is 97.9 Å². The Morgan fingerprint density at radius 1 is 1.00 bits per heavy atom. The monoisotopic (exact) mass is 414 g/mol. The number of carbonyl (C=O) groups excluding carboxylic acids is 1. The molecule has 8 nitrogen and oxygen atoms in total. The second-order valence-corrected chi connectivity index (χ2v) is 7.02. The summed E-state index contributed by atoms with van der Waals surface area (Å²) in [5.41, 5.74) is 4.68. The third-order valence-corrected chi connectivity index (χ3v) is 4.89. The van der Waals surface area contributed by atoms with Gasteiger partial charge in [-0.3, -0.25) is 4.79 Å². The first-order valence-electron chi connectivity index (χ1n) is 9.76. The Morgan fingerprint density at radius 2 is 1.77 bits per heavy atom. The van der Waals surface area contributed by atoms with Crippen LogP contribution in [0.1, 0.15) is 22.7 Å². The SMILES string of the molecule is Cc1nn(-c2ccc(Nc3ccc(NC(=O)/C=C/c4ccco4)cc3)nn2)c(C)c1C. The first-order chi connectivity index (χ1) is 15.0. The first-order valence-corrected chi connectivity index (χ1v) is 9.76. The third kappa shape index (κ3) is 4.69. The molecule has 0 aliphatic rings. The number of benzene rings is 1. The Kier molecular flexibility index (Phi) is 5.61. The van der Waals surface area contributed by atoms with Gasteiger partial charge < -0.3 is 15.1 Å². The van der Waals surface area contributed by atoms with Gasteiger partial charge in [0.05, 0.1) is 12.0 Å². The molecule has 0 unspecified atom stereocenters. The number of aromatic nitrogens is 4. The van der Waals surface area contributed by atoms with Gasteiger partial charge in [-0.15, -0.1) is 10.2 Å². The number of rotatable bonds is 6. The van der Waals surface area contributed by atoms with Crippen molar-refractivity contribution in [1.29, 1.82) is 0 Å². The molecule has 1 aromatic carbocycles. The molecule has 0 bridgehead atoms. The number of hydrogen-bond donors (Lipinski definition) is 2. The molecule has 0 saturated heterocycles. The largest absolute Gasteiger partial charge is 0.465 e. The molecule has 2 N–H and O–H groups in total. The highest BCUT2D eigenvalue weighted by atomic mass is 16.3. The van der Waals surface area contributed by atoms with Crippen molar-refractivity contribution in [3.8, 4) is 5.82 Å². The van der Waals surface area contributed by atoms with Gasteiger partial charge in [0.2, 0.25) is 5.91 Å². The highest BCUT2D eigenvalue weighted by molar-refractivity contribution is 6.01. The van der Waals surface area contributed by atoms with Crippen molar-refractivity contribution in [2.45, 2.75) is 20.8 Å². The summed E-state index contributed by atoms with van der Waals surface area (Å²) >= 11 is 0. The molecule has 4 rings (SSSR count). The molecule has 0 spiro atoms. The van der Waals surface area contributed by atoms with E-state index in [1.165, 1.54) is 6.08 Å². The van der Waals surface area contributed by atoms with Gasteiger partial charge in [0.15, 0.2) is 11.6 Å². The second-order valence-electron chi connectivity index (χ2n) is 7.02. The predicted molar refractivity (Wildman–Crippen MR) is 119 cm³/mol. The summed E-state index contributed by atoms with van der Waals surface area (Å²) < 4.78 is 6.95. The molecule has 3 aromatic heterocycles. The van der Waals surface area contributed by atoms with Crippen LogP contribution in [0.2, 0.25) is 0 Å². The fourth-order valence-corrected chi connectivity index (χ4v) is 2.96. The molecule has 156 valence electrons. The van der Waals surface area contributed by atoms with Gasteiger partial charge in [0.25, 0.3) is 0 Å². The Bertz CT molecular complexity index is 1210. The Balaban J connectivity index is 1.37. The molecule has 0 fully saturated rings. The van der Waals surface area contributed by atoms with Crippen LogP contribution in [0.3, 0.4) is 0 Å². The maximum Gasteiger partial charge on any atom is 0.248 e. The number of nitrogens with one attached hydrogen (secondary N) is 2. The van der Waals surface area contributed by atoms with Crippen molar-refractivity contribution in [2.24, 2.45) is 0 Å². The first kappa shape index (κ1) is 20.1. The molecule has 4 aromatic rings. The molecule has 0 saturated carbocycles. The molecule has 8 heteroatoms. The molecular weight excluding hydrogens is 392 g/mol. The van der Waals surface area contributed by atoms with Crippen molar-refractivity contribution in [3.63, 3.8) is 0 Å². The van der Waals surface area contributed by atoms with E-state index in [0.29, 0.717) is 23.1 Å². The van der Waals surface area contributed by atoms with E-state index in [1.807, 2.05) is 45.0 Å². The van der Waals surface area contributed by atoms with Crippen LogP contribution in [-0.4, -0.2) is 25.9 Å². The lowest BCUT2D eigenvalue weighted by Gasteiger charge is -2.08. The fourth-order valence-electron chi connectivity index (χ4n) is 2.96. The molecule has 1 amide bonds. The molecule has 0 radical (unpaired) electrons. The molecule has 0 aliphatic carbocycles. The van der Waals surface area contributed by atoms with Gasteiger partial charge in [-0.25, -0.2) is 4.68 Å². The van der Waals surface area contributed by atoms with Crippen molar-refractivity contribution in [1.82, 2.24) is 20.0 Å². The number of nitrogens with zero attached hydrogens (tertiary/aromatic N) is 4. The number of carbonyl (C=O) groups is 1. The minimum Gasteiger partial charge on any atom is -0.465 e. The number of hydrogen-bond acceptors (Lipinski definition) is 6. The summed E-state index contributed by atoms with van der Waals surface area (Å²) in [5, 5.41) is 19.0. The average molecular weight is 414 g/mol. The standard InChI is InChI=1S/C23H22N6O2/c1-15-16(2)28-29(17(15)3)22-12-11-21(26-27-22)24-18-6-8-19(9-7-18)25-23(30)13-10-20-5-4-14-31-20/h4-14H,1-3H3,(H,24,26)(H,25,30)/b13-10+. The van der Waals surface area contributed by atoms with E-state index in [0.717, 1.165) is 22.6 Å². The number of amides is 1. The van der Waals surface area contributed by atoms with Crippen molar-refractivity contribution >= 4 is 29.2 Å². The summed E-state index contributed by atoms with van der Waals surface area (Å²) in [4.78, 5) is 12.0. The van der Waals surface area contributed by atoms with Crippen LogP contribution in [0, 0.1) is 20.8 Å². The summed E-state index contributed by atoms with van der Waals surface area (Å²) in [5.74, 6) is 1.66. The van der Waals surface area contributed by atoms with Crippen LogP contribution in [0.5, 0.6) is 0 Å². The van der Waals surface area contributed by atoms with E-state index in [9.17, 15) is 4.79 Å². The maximum absolute atomic E-state index is 12.0. The second kappa shape index (κ2) is 8.66. The van der Waals surface area contributed by atoms with E-state index in [4.69, 9.17) is 4.42 Å². The Labute approximate surface area is 179 Å². The lowest BCUT2D eigenvalue weighted by Crippen LogP contribution is -2.07. The zero-order valence-electron chi connectivity index (χ0n) is 17.5. The van der Waals surface area contributed by atoms with Gasteiger partial charge in [-0.2, -0.15) is 5.10 Å². The van der Waals surface area contributed by atoms with E-state index in [-0.39, 0.29) is 5.91 Å². The average Bonchev–Trinajstić information content (AvgIpc) is 3.39. The lowest BCUT2D eigenvalue weighted by atomic mass is 10.2. The van der Waals surface area contributed by atoms with Gasteiger partial charge in [0, 0.05) is 23.1 Å². The Hall–Kier alpha value is -4.20. The molecule has 0 atom stereocenters. The number of furan rings is 1. The molecule has 31 heavy (non-hydrogen) atoms. The zero-order valence-corrected chi connectivity index (χ0v) is 17.5. The Morgan fingerprint density at radius 3 is 2.39 bits per heavy atom. The van der Waals surface area contributed by atoms with Gasteiger partial charge >= 0.3 is 0 Å². The van der Waals surface area contributed by atoms with Crippen molar-refractivity contribution in [3.05, 3.63) is 83.6 Å². The summed E-state index contributed by atoms with van der Waals surface area (Å²) in [6.45, 7) is 6.03. The molecule has 3 heterocycles. The fraction of sp³-hybridized carbons (Fsp3) is 0.130. The predicted octanol–water partition coefficient (Wildman–Crippen LogP) is 4.58. The minimum absolute atomic E-state index is 0.238. The van der Waals surface area contributed by atoms with Crippen molar-refractivity contribution in [2.75, 3.05) is 10.6 Å². The maximum atomic E-state index is 12.0. The lowest BCUT2D eigenvalue weighted by molar-refractivity contribution is -0.111. The van der Waals surface area contributed by atoms with Gasteiger partial charge in [-0.1, -0.05) is 0 Å². The smallest absolute Gasteiger partial charge is 0.248 e. The van der Waals surface area contributed by atoms with Crippen LogP contribution in [0.25, 0.3) is 11.9 Å². The van der Waals surface area contributed by atoms with Crippen LogP contribution in [-0.2, 0) is 4.79 Å².